The van der Waals surface area contributed by atoms with Gasteiger partial charge in [-0.1, -0.05) is 6.07 Å². The average molecular weight is 191 g/mol. The van der Waals surface area contributed by atoms with E-state index in [0.29, 0.717) is 13.0 Å². The number of nitrogens with one attached hydrogen (secondary N) is 1. The van der Waals surface area contributed by atoms with Crippen LogP contribution in [0.5, 0.6) is 0 Å². The van der Waals surface area contributed by atoms with Crippen LogP contribution in [0.4, 0.5) is 0 Å². The van der Waals surface area contributed by atoms with Crippen LogP contribution in [0, 0.1) is 0 Å². The molecule has 1 aromatic heterocycles. The molecule has 0 unspecified atom stereocenters. The Morgan fingerprint density at radius 3 is 3.21 bits per heavy atom. The Hall–Kier alpha value is -1.71. The summed E-state index contributed by atoms with van der Waals surface area (Å²) in [6.45, 7) is 1.39. The van der Waals surface area contributed by atoms with Crippen molar-refractivity contribution in [1.29, 1.82) is 0 Å². The van der Waals surface area contributed by atoms with Gasteiger partial charge in [0.25, 0.3) is 0 Å². The van der Waals surface area contributed by atoms with E-state index < -0.39 is 0 Å². The topological polar surface area (TPSA) is 54.4 Å². The molecule has 1 N–H and O–H groups in total. The lowest BCUT2D eigenvalue weighted by molar-refractivity contribution is -0.109. The van der Waals surface area contributed by atoms with Gasteiger partial charge in [0.1, 0.15) is 0 Å². The average Bonchev–Trinajstić information content (AvgIpc) is 2.25. The number of carbonyl (C=O) groups excluding carboxylic acids is 1. The Kier molecular flexibility index (Phi) is 5.01. The molecule has 4 nitrogen and oxygen atoms in total. The van der Waals surface area contributed by atoms with E-state index in [2.05, 4.69) is 15.3 Å². The van der Waals surface area contributed by atoms with Gasteiger partial charge in [-0.05, 0) is 12.5 Å². The van der Waals surface area contributed by atoms with Gasteiger partial charge in [-0.15, -0.1) is 0 Å². The highest BCUT2D eigenvalue weighted by atomic mass is 16.1. The minimum Gasteiger partial charge on any atom is -0.359 e. The Bertz CT molecular complexity index is 285. The van der Waals surface area contributed by atoms with Gasteiger partial charge < -0.3 is 5.32 Å². The molecule has 0 fully saturated rings. The lowest BCUT2D eigenvalue weighted by Gasteiger charge is -1.94. The Balaban J connectivity index is 2.18. The van der Waals surface area contributed by atoms with Gasteiger partial charge in [-0.3, -0.25) is 14.8 Å². The third-order valence-corrected chi connectivity index (χ3v) is 1.62. The molecule has 0 saturated carbocycles. The summed E-state index contributed by atoms with van der Waals surface area (Å²) >= 11 is 0. The smallest absolute Gasteiger partial charge is 0.207 e. The predicted octanol–water partition coefficient (Wildman–Crippen LogP) is 0.637. The van der Waals surface area contributed by atoms with Gasteiger partial charge in [0.05, 0.1) is 0 Å². The van der Waals surface area contributed by atoms with E-state index in [1.165, 1.54) is 0 Å². The van der Waals surface area contributed by atoms with Gasteiger partial charge >= 0.3 is 0 Å². The molecule has 0 aliphatic carbocycles. The number of aromatic nitrogens is 1. The first kappa shape index (κ1) is 10.4. The maximum atomic E-state index is 9.90. The molecule has 1 heterocycles. The zero-order valence-corrected chi connectivity index (χ0v) is 7.89. The van der Waals surface area contributed by atoms with Crippen LogP contribution in [0.15, 0.2) is 29.5 Å². The lowest BCUT2D eigenvalue weighted by Crippen LogP contribution is -2.12. The maximum Gasteiger partial charge on any atom is 0.207 e. The van der Waals surface area contributed by atoms with Crippen LogP contribution in [-0.2, 0) is 4.79 Å². The first-order valence-corrected chi connectivity index (χ1v) is 4.50. The van der Waals surface area contributed by atoms with E-state index in [9.17, 15) is 4.79 Å². The third-order valence-electron chi connectivity index (χ3n) is 1.62. The van der Waals surface area contributed by atoms with Crippen molar-refractivity contribution in [1.82, 2.24) is 10.3 Å². The second kappa shape index (κ2) is 6.77. The van der Waals surface area contributed by atoms with Crippen molar-refractivity contribution in [2.45, 2.75) is 6.42 Å². The summed E-state index contributed by atoms with van der Waals surface area (Å²) in [7, 11) is 0. The summed E-state index contributed by atoms with van der Waals surface area (Å²) < 4.78 is 0. The highest BCUT2D eigenvalue weighted by Crippen LogP contribution is 1.90. The second-order valence-corrected chi connectivity index (χ2v) is 2.75. The Morgan fingerprint density at radius 1 is 1.57 bits per heavy atom. The van der Waals surface area contributed by atoms with Gasteiger partial charge in [0.2, 0.25) is 6.41 Å². The summed E-state index contributed by atoms with van der Waals surface area (Å²) in [5.74, 6) is 0. The molecule has 1 amide bonds. The number of amides is 1. The number of hydrogen-bond donors (Lipinski definition) is 1. The van der Waals surface area contributed by atoms with E-state index in [1.54, 1.807) is 18.6 Å². The molecule has 0 aliphatic heterocycles. The molecule has 0 atom stereocenters. The minimum absolute atomic E-state index is 0.674. The first-order valence-electron chi connectivity index (χ1n) is 4.50. The quantitative estimate of drug-likeness (QED) is 0.407. The van der Waals surface area contributed by atoms with Gasteiger partial charge in [0, 0.05) is 37.3 Å². The third kappa shape index (κ3) is 4.35. The molecule has 0 radical (unpaired) electrons. The molecule has 74 valence electrons. The van der Waals surface area contributed by atoms with Crippen LogP contribution in [0.3, 0.4) is 0 Å². The molecule has 4 heteroatoms. The summed E-state index contributed by atoms with van der Waals surface area (Å²) in [5, 5.41) is 2.58. The molecule has 0 spiro atoms. The van der Waals surface area contributed by atoms with Crippen molar-refractivity contribution >= 4 is 12.6 Å². The molecule has 0 saturated heterocycles. The van der Waals surface area contributed by atoms with Crippen molar-refractivity contribution in [3.8, 4) is 0 Å². The highest BCUT2D eigenvalue weighted by Gasteiger charge is 1.85. The number of aliphatic imine (C=N–C) groups is 1. The van der Waals surface area contributed by atoms with Crippen LogP contribution >= 0.6 is 0 Å². The van der Waals surface area contributed by atoms with E-state index in [0.717, 1.165) is 18.5 Å². The van der Waals surface area contributed by atoms with Crippen LogP contribution in [0.25, 0.3) is 0 Å². The van der Waals surface area contributed by atoms with E-state index >= 15 is 0 Å². The molecule has 1 rings (SSSR count). The van der Waals surface area contributed by atoms with Crippen molar-refractivity contribution in [2.75, 3.05) is 13.1 Å². The molecule has 0 aromatic carbocycles. The molecular weight excluding hydrogens is 178 g/mol. The van der Waals surface area contributed by atoms with E-state index in [1.807, 2.05) is 12.1 Å². The number of carbonyl (C=O) groups is 1. The fraction of sp³-hybridized carbons (Fsp3) is 0.300. The molecule has 14 heavy (non-hydrogen) atoms. The molecular formula is C10H13N3O. The summed E-state index contributed by atoms with van der Waals surface area (Å²) in [6, 6.07) is 3.81. The molecule has 1 aromatic rings. The predicted molar refractivity (Wildman–Crippen MR) is 55.4 cm³/mol. The lowest BCUT2D eigenvalue weighted by atomic mass is 10.3. The Morgan fingerprint density at radius 2 is 2.50 bits per heavy atom. The van der Waals surface area contributed by atoms with Gasteiger partial charge in [-0.25, -0.2) is 0 Å². The fourth-order valence-electron chi connectivity index (χ4n) is 0.954. The number of hydrogen-bond acceptors (Lipinski definition) is 3. The zero-order chi connectivity index (χ0) is 10.1. The summed E-state index contributed by atoms with van der Waals surface area (Å²) in [5.41, 5.74) is 0.996. The van der Waals surface area contributed by atoms with Crippen LogP contribution in [0.2, 0.25) is 0 Å². The SMILES string of the molecule is O=CNCCCN=Cc1cccnc1. The summed E-state index contributed by atoms with van der Waals surface area (Å²) in [4.78, 5) is 18.1. The standard InChI is InChI=1S/C10H13N3O/c14-9-13-6-2-5-12-8-10-3-1-4-11-7-10/h1,3-4,7-9H,2,5-6H2,(H,13,14). The number of pyridine rings is 1. The van der Waals surface area contributed by atoms with Crippen LogP contribution < -0.4 is 5.32 Å². The highest BCUT2D eigenvalue weighted by molar-refractivity contribution is 5.78. The van der Waals surface area contributed by atoms with Crippen LogP contribution in [0.1, 0.15) is 12.0 Å². The normalized spacial score (nSPS) is 10.3. The summed E-state index contributed by atoms with van der Waals surface area (Å²) in [6.07, 6.45) is 6.83. The maximum absolute atomic E-state index is 9.90. The van der Waals surface area contributed by atoms with E-state index in [-0.39, 0.29) is 0 Å². The van der Waals surface area contributed by atoms with Crippen molar-refractivity contribution in [3.63, 3.8) is 0 Å². The second-order valence-electron chi connectivity index (χ2n) is 2.75. The fourth-order valence-corrected chi connectivity index (χ4v) is 0.954. The first-order chi connectivity index (χ1) is 6.93. The van der Waals surface area contributed by atoms with Crippen molar-refractivity contribution < 1.29 is 4.79 Å². The minimum atomic E-state index is 0.674. The Labute approximate surface area is 83.1 Å². The number of rotatable bonds is 6. The van der Waals surface area contributed by atoms with Crippen LogP contribution in [-0.4, -0.2) is 30.7 Å². The van der Waals surface area contributed by atoms with Crippen molar-refractivity contribution in [2.24, 2.45) is 4.99 Å². The van der Waals surface area contributed by atoms with Gasteiger partial charge in [0.15, 0.2) is 0 Å². The number of nitrogens with zero attached hydrogens (tertiary/aromatic N) is 2. The zero-order valence-electron chi connectivity index (χ0n) is 7.89. The molecule has 0 bridgehead atoms. The van der Waals surface area contributed by atoms with E-state index in [4.69, 9.17) is 0 Å². The monoisotopic (exact) mass is 191 g/mol. The molecule has 0 aliphatic rings. The van der Waals surface area contributed by atoms with Gasteiger partial charge in [-0.2, -0.15) is 0 Å². The largest absolute Gasteiger partial charge is 0.359 e. The van der Waals surface area contributed by atoms with Crippen molar-refractivity contribution in [3.05, 3.63) is 30.1 Å².